The van der Waals surface area contributed by atoms with Crippen LogP contribution in [0.3, 0.4) is 0 Å². The molecule has 0 saturated heterocycles. The molecule has 1 aliphatic carbocycles. The van der Waals surface area contributed by atoms with Crippen molar-refractivity contribution in [1.82, 2.24) is 0 Å². The summed E-state index contributed by atoms with van der Waals surface area (Å²) in [5, 5.41) is 0. The summed E-state index contributed by atoms with van der Waals surface area (Å²) in [5.41, 5.74) is 17.2. The Kier molecular flexibility index (Phi) is 28.9. The zero-order valence-electron chi connectivity index (χ0n) is 10.7. The van der Waals surface area contributed by atoms with E-state index in [4.69, 9.17) is 17.2 Å². The zero-order chi connectivity index (χ0) is 12.9. The molecule has 0 unspecified atom stereocenters. The fraction of sp³-hybridized carbons (Fsp3) is 0.600. The summed E-state index contributed by atoms with van der Waals surface area (Å²) < 4.78 is 14.0. The summed E-state index contributed by atoms with van der Waals surface area (Å²) in [6.45, 7) is 0. The molecule has 3 nitrogen and oxygen atoms in total. The van der Waals surface area contributed by atoms with Gasteiger partial charge in [0.1, 0.15) is 0 Å². The minimum atomic E-state index is -2.96. The maximum Gasteiger partial charge on any atom is 4.00 e. The second kappa shape index (κ2) is 18.1. The zero-order valence-corrected chi connectivity index (χ0v) is 15.3. The van der Waals surface area contributed by atoms with Gasteiger partial charge in [-0.3, -0.25) is 0 Å². The van der Waals surface area contributed by atoms with Crippen molar-refractivity contribution in [2.24, 2.45) is 0 Å². The van der Waals surface area contributed by atoms with Gasteiger partial charge in [0.05, 0.1) is 0 Å². The first-order chi connectivity index (χ1) is 7.11. The number of nitrogens with one attached hydrogen (secondary N) is 3. The summed E-state index contributed by atoms with van der Waals surface area (Å²) in [5.74, 6) is 3.47. The van der Waals surface area contributed by atoms with Crippen molar-refractivity contribution in [3.05, 3.63) is 39.8 Å². The molecule has 16 heavy (non-hydrogen) atoms. The molecular formula is C10H22FGeN3Zr. The first-order valence-electron chi connectivity index (χ1n) is 4.57. The molecule has 1 rings (SSSR count). The third-order valence-electron chi connectivity index (χ3n) is 1.34. The fourth-order valence-electron chi connectivity index (χ4n) is 0.813. The van der Waals surface area contributed by atoms with Crippen molar-refractivity contribution >= 4 is 13.7 Å². The van der Waals surface area contributed by atoms with E-state index in [9.17, 15) is 3.50 Å². The Morgan fingerprint density at radius 1 is 1.12 bits per heavy atom. The van der Waals surface area contributed by atoms with Gasteiger partial charge in [0.25, 0.3) is 0 Å². The SMILES string of the molecule is C[NH-].C[NH-].C[NH-].[CH3][Ge]([CH3])([F])[C]1=[C-]CC=C1.[Zr+4]. The van der Waals surface area contributed by atoms with Crippen molar-refractivity contribution in [2.75, 3.05) is 21.1 Å². The van der Waals surface area contributed by atoms with Crippen LogP contribution in [-0.2, 0) is 26.2 Å². The number of hydrogen-bond acceptors (Lipinski definition) is 0. The molecule has 3 N–H and O–H groups in total. The van der Waals surface area contributed by atoms with Crippen molar-refractivity contribution in [3.63, 3.8) is 0 Å². The van der Waals surface area contributed by atoms with E-state index in [1.165, 1.54) is 21.1 Å². The second-order valence-electron chi connectivity index (χ2n) is 2.67. The van der Waals surface area contributed by atoms with Crippen molar-refractivity contribution in [3.8, 4) is 0 Å². The van der Waals surface area contributed by atoms with Crippen LogP contribution in [0.25, 0.3) is 17.2 Å². The predicted molar refractivity (Wildman–Crippen MR) is 69.8 cm³/mol. The van der Waals surface area contributed by atoms with E-state index in [-0.39, 0.29) is 26.2 Å². The van der Waals surface area contributed by atoms with Gasteiger partial charge >= 0.3 is 84.0 Å². The van der Waals surface area contributed by atoms with E-state index in [0.717, 1.165) is 10.8 Å². The molecular weight excluding hydrogens is 345 g/mol. The van der Waals surface area contributed by atoms with E-state index < -0.39 is 13.7 Å². The van der Waals surface area contributed by atoms with Crippen LogP contribution in [0.4, 0.5) is 3.50 Å². The van der Waals surface area contributed by atoms with Gasteiger partial charge in [0.2, 0.25) is 0 Å². The van der Waals surface area contributed by atoms with Gasteiger partial charge in [0.15, 0.2) is 0 Å². The van der Waals surface area contributed by atoms with E-state index in [1.54, 1.807) is 11.5 Å². The Labute approximate surface area is 122 Å². The molecule has 6 heteroatoms. The van der Waals surface area contributed by atoms with Gasteiger partial charge in [-0.25, -0.2) is 0 Å². The first kappa shape index (κ1) is 25.5. The largest absolute Gasteiger partial charge is 4.00 e. The van der Waals surface area contributed by atoms with Crippen LogP contribution in [-0.4, -0.2) is 34.9 Å². The second-order valence-corrected chi connectivity index (χ2v) is 9.98. The molecule has 0 aromatic rings. The van der Waals surface area contributed by atoms with Crippen molar-refractivity contribution in [1.29, 1.82) is 0 Å². The monoisotopic (exact) mass is 367 g/mol. The number of rotatable bonds is 1. The Morgan fingerprint density at radius 3 is 1.62 bits per heavy atom. The standard InChI is InChI=1S/C7H10FGe.3CH4N.Zr/c1-9(2,8)7-5-3-4-6-7;3*1-2;/h3,5H,4H2,1-2H3;3*2H,1H3;/q4*-1;+4. The van der Waals surface area contributed by atoms with Crippen molar-refractivity contribution < 1.29 is 29.7 Å². The molecule has 0 aliphatic heterocycles. The Balaban J connectivity index is -0.0000000900. The minimum Gasteiger partial charge on any atom is 4.00 e. The molecule has 0 saturated carbocycles. The predicted octanol–water partition coefficient (Wildman–Crippen LogP) is 4.39. The Morgan fingerprint density at radius 2 is 1.50 bits per heavy atom. The molecule has 0 heterocycles. The first-order valence-corrected chi connectivity index (χ1v) is 10.6. The molecule has 0 bridgehead atoms. The van der Waals surface area contributed by atoms with E-state index in [2.05, 4.69) is 6.08 Å². The van der Waals surface area contributed by atoms with Crippen LogP contribution < -0.4 is 0 Å². The molecule has 0 radical (unpaired) electrons. The fourth-order valence-corrected chi connectivity index (χ4v) is 2.99. The molecule has 92 valence electrons. The van der Waals surface area contributed by atoms with Crippen LogP contribution in [0.1, 0.15) is 6.42 Å². The maximum atomic E-state index is 13.1. The van der Waals surface area contributed by atoms with Crippen LogP contribution >= 0.6 is 0 Å². The average Bonchev–Trinajstić information content (AvgIpc) is 2.79. The van der Waals surface area contributed by atoms with Crippen LogP contribution in [0.5, 0.6) is 0 Å². The van der Waals surface area contributed by atoms with Gasteiger partial charge in [0, 0.05) is 0 Å². The third kappa shape index (κ3) is 14.7. The molecule has 0 amide bonds. The summed E-state index contributed by atoms with van der Waals surface area (Å²) in [6, 6.07) is 0. The summed E-state index contributed by atoms with van der Waals surface area (Å²) in [6.07, 6.45) is 7.66. The molecule has 0 spiro atoms. The molecule has 0 fully saturated rings. The smallest absolute Gasteiger partial charge is 4.00 e. The topological polar surface area (TPSA) is 71.4 Å². The van der Waals surface area contributed by atoms with Crippen LogP contribution in [0.2, 0.25) is 11.5 Å². The quantitative estimate of drug-likeness (QED) is 0.487. The molecule has 0 aromatic carbocycles. The summed E-state index contributed by atoms with van der Waals surface area (Å²) >= 11 is -2.96. The number of hydrogen-bond donors (Lipinski definition) is 0. The van der Waals surface area contributed by atoms with Crippen molar-refractivity contribution in [2.45, 2.75) is 17.9 Å². The molecule has 0 atom stereocenters. The normalized spacial score (nSPS) is 11.4. The number of allylic oxidation sites excluding steroid dienone is 4. The van der Waals surface area contributed by atoms with Gasteiger partial charge in [-0.05, 0) is 0 Å². The van der Waals surface area contributed by atoms with Gasteiger partial charge < -0.3 is 17.2 Å². The van der Waals surface area contributed by atoms with Crippen LogP contribution in [0.15, 0.2) is 16.6 Å². The Hall–Kier alpha value is 0.716. The Bertz CT molecular complexity index is 179. The van der Waals surface area contributed by atoms with E-state index in [1.807, 2.05) is 12.2 Å². The molecule has 0 aromatic heterocycles. The summed E-state index contributed by atoms with van der Waals surface area (Å²) in [4.78, 5) is 0. The minimum absolute atomic E-state index is 0. The van der Waals surface area contributed by atoms with Gasteiger partial charge in [-0.1, -0.05) is 0 Å². The number of halogens is 1. The summed E-state index contributed by atoms with van der Waals surface area (Å²) in [7, 11) is 3.75. The van der Waals surface area contributed by atoms with Crippen LogP contribution in [0, 0.1) is 6.08 Å². The van der Waals surface area contributed by atoms with Gasteiger partial charge in [-0.2, -0.15) is 21.1 Å². The molecule has 1 aliphatic rings. The van der Waals surface area contributed by atoms with E-state index >= 15 is 0 Å². The van der Waals surface area contributed by atoms with Gasteiger partial charge in [-0.15, -0.1) is 0 Å². The maximum absolute atomic E-state index is 13.1. The van der Waals surface area contributed by atoms with E-state index in [0.29, 0.717) is 0 Å². The third-order valence-corrected chi connectivity index (χ3v) is 4.74. The average molecular weight is 367 g/mol.